The van der Waals surface area contributed by atoms with E-state index in [9.17, 15) is 0 Å². The molecule has 0 aromatic rings. The maximum absolute atomic E-state index is 5.86. The lowest BCUT2D eigenvalue weighted by atomic mass is 9.98. The average Bonchev–Trinajstić information content (AvgIpc) is 2.72. The molecule has 0 aromatic carbocycles. The van der Waals surface area contributed by atoms with Gasteiger partial charge in [0, 0.05) is 19.0 Å². The summed E-state index contributed by atoms with van der Waals surface area (Å²) >= 11 is 5.86. The van der Waals surface area contributed by atoms with Crippen LogP contribution in [0, 0.1) is 5.92 Å². The second kappa shape index (κ2) is 5.34. The molecule has 14 heavy (non-hydrogen) atoms. The molecule has 1 unspecified atom stereocenters. The second-order valence-electron chi connectivity index (χ2n) is 4.53. The van der Waals surface area contributed by atoms with Crippen molar-refractivity contribution in [1.29, 1.82) is 0 Å². The number of halogens is 1. The van der Waals surface area contributed by atoms with Crippen molar-refractivity contribution in [3.63, 3.8) is 0 Å². The number of ether oxygens (including phenoxy) is 1. The number of nitrogens with zero attached hydrogens (tertiary/aromatic N) is 1. The summed E-state index contributed by atoms with van der Waals surface area (Å²) in [6, 6.07) is 0. The maximum atomic E-state index is 5.86. The van der Waals surface area contributed by atoms with Gasteiger partial charge in [0.15, 0.2) is 0 Å². The topological polar surface area (TPSA) is 12.5 Å². The van der Waals surface area contributed by atoms with Gasteiger partial charge in [-0.3, -0.25) is 0 Å². The normalized spacial score (nSPS) is 31.1. The standard InChI is InChI=1S/C11H20ClNO/c12-8-10-3-5-13(6-4-10)9-11-2-1-7-14-11/h10-11H,1-9H2. The van der Waals surface area contributed by atoms with E-state index in [4.69, 9.17) is 16.3 Å². The summed E-state index contributed by atoms with van der Waals surface area (Å²) < 4.78 is 5.64. The van der Waals surface area contributed by atoms with Crippen molar-refractivity contribution in [2.45, 2.75) is 31.8 Å². The molecule has 2 aliphatic rings. The molecule has 82 valence electrons. The molecular weight excluding hydrogens is 198 g/mol. The van der Waals surface area contributed by atoms with Gasteiger partial charge in [-0.15, -0.1) is 11.6 Å². The monoisotopic (exact) mass is 217 g/mol. The molecule has 2 fully saturated rings. The fourth-order valence-corrected chi connectivity index (χ4v) is 2.71. The first-order valence-corrected chi connectivity index (χ1v) is 6.32. The van der Waals surface area contributed by atoms with Crippen LogP contribution < -0.4 is 0 Å². The molecule has 0 aromatic heterocycles. The number of alkyl halides is 1. The van der Waals surface area contributed by atoms with Gasteiger partial charge in [-0.05, 0) is 44.7 Å². The highest BCUT2D eigenvalue weighted by Gasteiger charge is 2.23. The summed E-state index contributed by atoms with van der Waals surface area (Å²) in [6.07, 6.45) is 5.58. The van der Waals surface area contributed by atoms with Crippen LogP contribution in [0.4, 0.5) is 0 Å². The molecule has 0 amide bonds. The van der Waals surface area contributed by atoms with Crippen molar-refractivity contribution in [2.24, 2.45) is 5.92 Å². The van der Waals surface area contributed by atoms with Gasteiger partial charge >= 0.3 is 0 Å². The van der Waals surface area contributed by atoms with Gasteiger partial charge < -0.3 is 9.64 Å². The summed E-state index contributed by atoms with van der Waals surface area (Å²) in [5.74, 6) is 1.60. The minimum absolute atomic E-state index is 0.516. The summed E-state index contributed by atoms with van der Waals surface area (Å²) in [6.45, 7) is 4.56. The van der Waals surface area contributed by atoms with Gasteiger partial charge in [0.05, 0.1) is 6.10 Å². The van der Waals surface area contributed by atoms with Crippen molar-refractivity contribution in [2.75, 3.05) is 32.1 Å². The quantitative estimate of drug-likeness (QED) is 0.672. The van der Waals surface area contributed by atoms with E-state index in [0.29, 0.717) is 6.10 Å². The Morgan fingerprint density at radius 1 is 1.21 bits per heavy atom. The largest absolute Gasteiger partial charge is 0.377 e. The third-order valence-corrected chi connectivity index (χ3v) is 3.85. The Bertz CT molecular complexity index is 163. The summed E-state index contributed by atoms with van der Waals surface area (Å²) in [7, 11) is 0. The second-order valence-corrected chi connectivity index (χ2v) is 4.84. The van der Waals surface area contributed by atoms with Crippen LogP contribution >= 0.6 is 11.6 Å². The lowest BCUT2D eigenvalue weighted by Crippen LogP contribution is -2.39. The van der Waals surface area contributed by atoms with Crippen molar-refractivity contribution in [1.82, 2.24) is 4.90 Å². The van der Waals surface area contributed by atoms with Gasteiger partial charge in [-0.25, -0.2) is 0 Å². The molecule has 2 rings (SSSR count). The lowest BCUT2D eigenvalue weighted by molar-refractivity contribution is 0.0613. The molecule has 0 bridgehead atoms. The fourth-order valence-electron chi connectivity index (χ4n) is 2.40. The molecular formula is C11H20ClNO. The smallest absolute Gasteiger partial charge is 0.0702 e. The van der Waals surface area contributed by atoms with Crippen LogP contribution in [-0.2, 0) is 4.74 Å². The fraction of sp³-hybridized carbons (Fsp3) is 1.00. The number of likely N-dealkylation sites (tertiary alicyclic amines) is 1. The Hall–Kier alpha value is 0.210. The molecule has 2 saturated heterocycles. The third-order valence-electron chi connectivity index (χ3n) is 3.41. The third kappa shape index (κ3) is 2.85. The molecule has 0 saturated carbocycles. The molecule has 3 heteroatoms. The molecule has 0 radical (unpaired) electrons. The van der Waals surface area contributed by atoms with E-state index < -0.39 is 0 Å². The summed E-state index contributed by atoms with van der Waals surface area (Å²) in [5.41, 5.74) is 0. The van der Waals surface area contributed by atoms with Gasteiger partial charge in [-0.2, -0.15) is 0 Å². The predicted octanol–water partition coefficient (Wildman–Crippen LogP) is 2.12. The minimum atomic E-state index is 0.516. The first-order valence-electron chi connectivity index (χ1n) is 5.78. The molecule has 2 aliphatic heterocycles. The van der Waals surface area contributed by atoms with Crippen LogP contribution in [0.2, 0.25) is 0 Å². The van der Waals surface area contributed by atoms with Crippen LogP contribution in [0.5, 0.6) is 0 Å². The zero-order chi connectivity index (χ0) is 9.80. The van der Waals surface area contributed by atoms with E-state index in [-0.39, 0.29) is 0 Å². The first-order chi connectivity index (χ1) is 6.88. The van der Waals surface area contributed by atoms with Gasteiger partial charge in [0.25, 0.3) is 0 Å². The van der Waals surface area contributed by atoms with Crippen LogP contribution in [-0.4, -0.2) is 43.1 Å². The molecule has 1 atom stereocenters. The Kier molecular flexibility index (Phi) is 4.09. The van der Waals surface area contributed by atoms with E-state index >= 15 is 0 Å². The Morgan fingerprint density at radius 3 is 2.57 bits per heavy atom. The Morgan fingerprint density at radius 2 is 2.00 bits per heavy atom. The van der Waals surface area contributed by atoms with Gasteiger partial charge in [-0.1, -0.05) is 0 Å². The van der Waals surface area contributed by atoms with Crippen molar-refractivity contribution in [3.05, 3.63) is 0 Å². The van der Waals surface area contributed by atoms with Crippen LogP contribution in [0.15, 0.2) is 0 Å². The molecule has 0 aliphatic carbocycles. The van der Waals surface area contributed by atoms with Crippen molar-refractivity contribution in [3.8, 4) is 0 Å². The highest BCUT2D eigenvalue weighted by molar-refractivity contribution is 6.18. The van der Waals surface area contributed by atoms with E-state index in [2.05, 4.69) is 4.90 Å². The molecule has 2 heterocycles. The number of hydrogen-bond acceptors (Lipinski definition) is 2. The molecule has 0 spiro atoms. The molecule has 2 nitrogen and oxygen atoms in total. The average molecular weight is 218 g/mol. The highest BCUT2D eigenvalue weighted by atomic mass is 35.5. The van der Waals surface area contributed by atoms with E-state index in [1.165, 1.54) is 38.8 Å². The van der Waals surface area contributed by atoms with Crippen LogP contribution in [0.3, 0.4) is 0 Å². The zero-order valence-electron chi connectivity index (χ0n) is 8.75. The van der Waals surface area contributed by atoms with Crippen LogP contribution in [0.25, 0.3) is 0 Å². The van der Waals surface area contributed by atoms with Crippen molar-refractivity contribution < 1.29 is 4.74 Å². The highest BCUT2D eigenvalue weighted by Crippen LogP contribution is 2.20. The Balaban J connectivity index is 1.67. The van der Waals surface area contributed by atoms with Crippen molar-refractivity contribution >= 4 is 11.6 Å². The number of piperidine rings is 1. The SMILES string of the molecule is ClCC1CCN(CC2CCCO2)CC1. The van der Waals surface area contributed by atoms with E-state index in [1.54, 1.807) is 0 Å². The van der Waals surface area contributed by atoms with E-state index in [1.807, 2.05) is 0 Å². The first kappa shape index (κ1) is 10.7. The van der Waals surface area contributed by atoms with Gasteiger partial charge in [0.2, 0.25) is 0 Å². The lowest BCUT2D eigenvalue weighted by Gasteiger charge is -2.32. The zero-order valence-corrected chi connectivity index (χ0v) is 9.51. The Labute approximate surface area is 91.6 Å². The van der Waals surface area contributed by atoms with E-state index in [0.717, 1.165) is 24.9 Å². The van der Waals surface area contributed by atoms with Gasteiger partial charge in [0.1, 0.15) is 0 Å². The summed E-state index contributed by atoms with van der Waals surface area (Å²) in [5, 5.41) is 0. The minimum Gasteiger partial charge on any atom is -0.377 e. The van der Waals surface area contributed by atoms with Crippen LogP contribution in [0.1, 0.15) is 25.7 Å². The molecule has 0 N–H and O–H groups in total. The number of rotatable bonds is 3. The number of hydrogen-bond donors (Lipinski definition) is 0. The maximum Gasteiger partial charge on any atom is 0.0702 e. The predicted molar refractivity (Wildman–Crippen MR) is 58.9 cm³/mol. The summed E-state index contributed by atoms with van der Waals surface area (Å²) in [4.78, 5) is 2.54.